The highest BCUT2D eigenvalue weighted by atomic mass is 16.5. The standard InChI is InChI=1S/C16H27N3O3/c1-17-14-5-6-19(11-13(14)3-2-4-15(17)20)16(21)12-18-7-9-22-10-8-18/h13-14H,2-12H2,1H3/t13-,14+/m0/s1. The van der Waals surface area contributed by atoms with Gasteiger partial charge in [0.15, 0.2) is 0 Å². The third-order valence-electron chi connectivity index (χ3n) is 5.37. The number of nitrogens with zero attached hydrogens (tertiary/aromatic N) is 3. The van der Waals surface area contributed by atoms with E-state index in [0.29, 0.717) is 24.9 Å². The van der Waals surface area contributed by atoms with E-state index in [1.807, 2.05) is 16.8 Å². The molecule has 0 aromatic carbocycles. The number of ether oxygens (including phenoxy) is 1. The number of amides is 2. The number of rotatable bonds is 2. The van der Waals surface area contributed by atoms with Crippen LogP contribution in [0.2, 0.25) is 0 Å². The van der Waals surface area contributed by atoms with Gasteiger partial charge in [0.1, 0.15) is 0 Å². The summed E-state index contributed by atoms with van der Waals surface area (Å²) in [6.45, 7) is 5.25. The Balaban J connectivity index is 1.56. The van der Waals surface area contributed by atoms with Crippen LogP contribution < -0.4 is 0 Å². The van der Waals surface area contributed by atoms with Gasteiger partial charge in [0.25, 0.3) is 0 Å². The Morgan fingerprint density at radius 2 is 2.00 bits per heavy atom. The van der Waals surface area contributed by atoms with E-state index in [-0.39, 0.29) is 11.8 Å². The topological polar surface area (TPSA) is 53.1 Å². The first-order valence-electron chi connectivity index (χ1n) is 8.48. The molecule has 0 aromatic heterocycles. The van der Waals surface area contributed by atoms with Crippen LogP contribution in [-0.4, -0.2) is 85.5 Å². The van der Waals surface area contributed by atoms with E-state index in [1.54, 1.807) is 0 Å². The lowest BCUT2D eigenvalue weighted by atomic mass is 9.88. The molecule has 3 fully saturated rings. The average molecular weight is 309 g/mol. The van der Waals surface area contributed by atoms with Crippen LogP contribution in [0.5, 0.6) is 0 Å². The van der Waals surface area contributed by atoms with Crippen LogP contribution in [-0.2, 0) is 14.3 Å². The second-order valence-corrected chi connectivity index (χ2v) is 6.74. The van der Waals surface area contributed by atoms with Crippen molar-refractivity contribution in [3.8, 4) is 0 Å². The Labute approximate surface area is 132 Å². The van der Waals surface area contributed by atoms with Crippen molar-refractivity contribution in [2.75, 3.05) is 53.0 Å². The van der Waals surface area contributed by atoms with Gasteiger partial charge in [0, 0.05) is 45.7 Å². The zero-order chi connectivity index (χ0) is 15.5. The van der Waals surface area contributed by atoms with Gasteiger partial charge in [-0.25, -0.2) is 0 Å². The molecule has 22 heavy (non-hydrogen) atoms. The van der Waals surface area contributed by atoms with Gasteiger partial charge in [0.2, 0.25) is 11.8 Å². The van der Waals surface area contributed by atoms with Crippen LogP contribution in [0.25, 0.3) is 0 Å². The second-order valence-electron chi connectivity index (χ2n) is 6.74. The van der Waals surface area contributed by atoms with E-state index in [4.69, 9.17) is 4.74 Å². The lowest BCUT2D eigenvalue weighted by Gasteiger charge is -2.42. The first-order valence-corrected chi connectivity index (χ1v) is 8.48. The molecule has 3 saturated heterocycles. The van der Waals surface area contributed by atoms with Crippen molar-refractivity contribution < 1.29 is 14.3 Å². The molecule has 0 aromatic rings. The Morgan fingerprint density at radius 1 is 1.23 bits per heavy atom. The number of fused-ring (bicyclic) bond motifs is 1. The molecule has 0 unspecified atom stereocenters. The zero-order valence-corrected chi connectivity index (χ0v) is 13.5. The molecular weight excluding hydrogens is 282 g/mol. The SMILES string of the molecule is CN1C(=O)CCC[C@H]2CN(C(=O)CN3CCOCC3)CC[C@H]21. The van der Waals surface area contributed by atoms with Crippen molar-refractivity contribution >= 4 is 11.8 Å². The quantitative estimate of drug-likeness (QED) is 0.730. The summed E-state index contributed by atoms with van der Waals surface area (Å²) in [4.78, 5) is 30.6. The molecule has 0 spiro atoms. The number of piperidine rings is 1. The molecule has 2 atom stereocenters. The van der Waals surface area contributed by atoms with E-state index in [1.165, 1.54) is 0 Å². The fourth-order valence-corrected chi connectivity index (χ4v) is 3.97. The van der Waals surface area contributed by atoms with E-state index in [9.17, 15) is 9.59 Å². The van der Waals surface area contributed by atoms with E-state index < -0.39 is 0 Å². The van der Waals surface area contributed by atoms with Gasteiger partial charge in [-0.3, -0.25) is 14.5 Å². The van der Waals surface area contributed by atoms with Gasteiger partial charge in [-0.1, -0.05) is 0 Å². The molecular formula is C16H27N3O3. The maximum absolute atomic E-state index is 12.5. The molecule has 0 aliphatic carbocycles. The predicted molar refractivity (Wildman–Crippen MR) is 82.4 cm³/mol. The van der Waals surface area contributed by atoms with Crippen molar-refractivity contribution in [3.05, 3.63) is 0 Å². The van der Waals surface area contributed by atoms with Crippen molar-refractivity contribution in [3.63, 3.8) is 0 Å². The lowest BCUT2D eigenvalue weighted by molar-refractivity contribution is -0.138. The third-order valence-corrected chi connectivity index (χ3v) is 5.37. The van der Waals surface area contributed by atoms with Crippen LogP contribution in [0.15, 0.2) is 0 Å². The summed E-state index contributed by atoms with van der Waals surface area (Å²) < 4.78 is 5.33. The highest BCUT2D eigenvalue weighted by molar-refractivity contribution is 5.79. The number of likely N-dealkylation sites (tertiary alicyclic amines) is 2. The maximum Gasteiger partial charge on any atom is 0.236 e. The molecule has 3 heterocycles. The van der Waals surface area contributed by atoms with Gasteiger partial charge in [0.05, 0.1) is 19.8 Å². The fraction of sp³-hybridized carbons (Fsp3) is 0.875. The minimum atomic E-state index is 0.235. The van der Waals surface area contributed by atoms with Gasteiger partial charge < -0.3 is 14.5 Å². The average Bonchev–Trinajstić information content (AvgIpc) is 2.68. The van der Waals surface area contributed by atoms with Gasteiger partial charge >= 0.3 is 0 Å². The van der Waals surface area contributed by atoms with Crippen LogP contribution in [0.4, 0.5) is 0 Å². The first-order chi connectivity index (χ1) is 10.6. The molecule has 0 N–H and O–H groups in total. The number of hydrogen-bond acceptors (Lipinski definition) is 4. The molecule has 3 rings (SSSR count). The van der Waals surface area contributed by atoms with Gasteiger partial charge in [-0.05, 0) is 25.2 Å². The summed E-state index contributed by atoms with van der Waals surface area (Å²) in [6, 6.07) is 0.322. The largest absolute Gasteiger partial charge is 0.379 e. The second kappa shape index (κ2) is 6.96. The number of carbonyl (C=O) groups excluding carboxylic acids is 2. The molecule has 124 valence electrons. The fourth-order valence-electron chi connectivity index (χ4n) is 3.97. The Hall–Kier alpha value is -1.14. The molecule has 2 amide bonds. The first kappa shape index (κ1) is 15.7. The van der Waals surface area contributed by atoms with E-state index >= 15 is 0 Å². The summed E-state index contributed by atoms with van der Waals surface area (Å²) in [5.74, 6) is 0.943. The van der Waals surface area contributed by atoms with Crippen molar-refractivity contribution in [1.82, 2.24) is 14.7 Å². The zero-order valence-electron chi connectivity index (χ0n) is 13.5. The van der Waals surface area contributed by atoms with Crippen LogP contribution in [0.1, 0.15) is 25.7 Å². The molecule has 0 bridgehead atoms. The Bertz CT molecular complexity index is 423. The molecule has 6 heteroatoms. The van der Waals surface area contributed by atoms with Gasteiger partial charge in [-0.15, -0.1) is 0 Å². The Kier molecular flexibility index (Phi) is 4.98. The van der Waals surface area contributed by atoms with Crippen molar-refractivity contribution in [2.45, 2.75) is 31.7 Å². The molecule has 3 aliphatic rings. The summed E-state index contributed by atoms with van der Waals surface area (Å²) >= 11 is 0. The summed E-state index contributed by atoms with van der Waals surface area (Å²) in [5.41, 5.74) is 0. The highest BCUT2D eigenvalue weighted by Crippen LogP contribution is 2.29. The monoisotopic (exact) mass is 309 g/mol. The van der Waals surface area contributed by atoms with E-state index in [0.717, 1.165) is 58.7 Å². The molecule has 6 nitrogen and oxygen atoms in total. The van der Waals surface area contributed by atoms with Crippen LogP contribution in [0, 0.1) is 5.92 Å². The number of morpholine rings is 1. The summed E-state index contributed by atoms with van der Waals surface area (Å²) in [7, 11) is 1.93. The van der Waals surface area contributed by atoms with Crippen LogP contribution in [0.3, 0.4) is 0 Å². The third kappa shape index (κ3) is 3.43. The number of hydrogen-bond donors (Lipinski definition) is 0. The molecule has 0 radical (unpaired) electrons. The lowest BCUT2D eigenvalue weighted by Crippen LogP contribution is -2.54. The minimum absolute atomic E-state index is 0.235. The van der Waals surface area contributed by atoms with Crippen molar-refractivity contribution in [2.24, 2.45) is 5.92 Å². The smallest absolute Gasteiger partial charge is 0.236 e. The molecule has 3 aliphatic heterocycles. The van der Waals surface area contributed by atoms with Crippen LogP contribution >= 0.6 is 0 Å². The van der Waals surface area contributed by atoms with Gasteiger partial charge in [-0.2, -0.15) is 0 Å². The predicted octanol–water partition coefficient (Wildman–Crippen LogP) is 0.178. The van der Waals surface area contributed by atoms with E-state index in [2.05, 4.69) is 4.90 Å². The minimum Gasteiger partial charge on any atom is -0.379 e. The highest BCUT2D eigenvalue weighted by Gasteiger charge is 2.37. The van der Waals surface area contributed by atoms with Crippen molar-refractivity contribution in [1.29, 1.82) is 0 Å². The normalized spacial score (nSPS) is 30.9. The number of carbonyl (C=O) groups is 2. The molecule has 0 saturated carbocycles. The Morgan fingerprint density at radius 3 is 2.77 bits per heavy atom. The summed E-state index contributed by atoms with van der Waals surface area (Å²) in [6.07, 6.45) is 3.59. The maximum atomic E-state index is 12.5. The summed E-state index contributed by atoms with van der Waals surface area (Å²) in [5, 5.41) is 0.